The van der Waals surface area contributed by atoms with Gasteiger partial charge in [-0.2, -0.15) is 0 Å². The van der Waals surface area contributed by atoms with Crippen LogP contribution in [0, 0.1) is 5.92 Å². The Kier molecular flexibility index (Phi) is 10.4. The van der Waals surface area contributed by atoms with Crippen LogP contribution in [0.5, 0.6) is 11.5 Å². The molecule has 2 aliphatic heterocycles. The molecule has 7 nitrogen and oxygen atoms in total. The number of carbonyl (C=O) groups is 3. The normalized spacial score (nSPS) is 24.6. The van der Waals surface area contributed by atoms with Crippen molar-refractivity contribution in [2.75, 3.05) is 19.6 Å². The average molecular weight is 677 g/mol. The number of benzene rings is 3. The summed E-state index contributed by atoms with van der Waals surface area (Å²) in [6, 6.07) is 25.3. The molecule has 2 aliphatic carbocycles. The Hall–Kier alpha value is -3.97. The van der Waals surface area contributed by atoms with Crippen LogP contribution >= 0.6 is 0 Å². The first-order valence-corrected chi connectivity index (χ1v) is 19.0. The van der Waals surface area contributed by atoms with Crippen molar-refractivity contribution in [1.29, 1.82) is 0 Å². The van der Waals surface area contributed by atoms with Gasteiger partial charge in [0.05, 0.1) is 12.6 Å². The number of piperidine rings is 1. The first-order chi connectivity index (χ1) is 24.3. The van der Waals surface area contributed by atoms with E-state index in [1.54, 1.807) is 6.92 Å². The SMILES string of the molecule is CC(=O)CN1CC[C@]23c4c5ccc(OC(C)=O)c4O[C@H]2[C@H](N(CCCCc2ccccc2)C(=O)CCCCCc2ccccc2)CC[C@H]3[C@H]1C5. The predicted octanol–water partition coefficient (Wildman–Crippen LogP) is 7.26. The van der Waals surface area contributed by atoms with Crippen LogP contribution in [0.2, 0.25) is 0 Å². The van der Waals surface area contributed by atoms with E-state index in [2.05, 4.69) is 76.5 Å². The first kappa shape index (κ1) is 34.5. The van der Waals surface area contributed by atoms with E-state index < -0.39 is 0 Å². The number of esters is 1. The zero-order chi connectivity index (χ0) is 34.7. The number of unbranched alkanes of at least 4 members (excludes halogenated alkanes) is 3. The highest BCUT2D eigenvalue weighted by Gasteiger charge is 2.66. The number of amides is 1. The van der Waals surface area contributed by atoms with Crippen LogP contribution in [0.25, 0.3) is 0 Å². The van der Waals surface area contributed by atoms with Gasteiger partial charge in [-0.1, -0.05) is 73.2 Å². The Morgan fingerprint density at radius 1 is 0.860 bits per heavy atom. The smallest absolute Gasteiger partial charge is 0.308 e. The summed E-state index contributed by atoms with van der Waals surface area (Å²) >= 11 is 0. The van der Waals surface area contributed by atoms with Crippen LogP contribution in [0.15, 0.2) is 72.8 Å². The Labute approximate surface area is 297 Å². The number of ketones is 1. The van der Waals surface area contributed by atoms with Gasteiger partial charge in [0.25, 0.3) is 0 Å². The van der Waals surface area contributed by atoms with Crippen LogP contribution in [0.3, 0.4) is 0 Å². The molecule has 1 saturated carbocycles. The highest BCUT2D eigenvalue weighted by molar-refractivity contribution is 5.78. The van der Waals surface area contributed by atoms with E-state index in [1.807, 2.05) is 6.07 Å². The van der Waals surface area contributed by atoms with Gasteiger partial charge in [0.1, 0.15) is 11.9 Å². The van der Waals surface area contributed by atoms with Crippen molar-refractivity contribution in [2.24, 2.45) is 5.92 Å². The molecule has 2 fully saturated rings. The molecule has 3 aromatic carbocycles. The van der Waals surface area contributed by atoms with Gasteiger partial charge < -0.3 is 14.4 Å². The molecule has 0 radical (unpaired) electrons. The minimum atomic E-state index is -0.363. The number of hydrogen-bond donors (Lipinski definition) is 0. The van der Waals surface area contributed by atoms with Crippen LogP contribution in [-0.2, 0) is 39.1 Å². The third kappa shape index (κ3) is 6.86. The topological polar surface area (TPSA) is 76.2 Å². The number of aryl methyl sites for hydroxylation is 2. The van der Waals surface area contributed by atoms with E-state index in [1.165, 1.54) is 29.2 Å². The minimum absolute atomic E-state index is 0.0664. The zero-order valence-corrected chi connectivity index (χ0v) is 29.8. The van der Waals surface area contributed by atoms with E-state index in [0.717, 1.165) is 77.2 Å². The van der Waals surface area contributed by atoms with Crippen molar-refractivity contribution < 1.29 is 23.9 Å². The number of carbonyl (C=O) groups excluding carboxylic acids is 3. The Morgan fingerprint density at radius 3 is 2.24 bits per heavy atom. The minimum Gasteiger partial charge on any atom is -0.483 e. The predicted molar refractivity (Wildman–Crippen MR) is 194 cm³/mol. The van der Waals surface area contributed by atoms with Crippen molar-refractivity contribution in [1.82, 2.24) is 9.80 Å². The molecule has 3 aromatic rings. The summed E-state index contributed by atoms with van der Waals surface area (Å²) in [6.07, 6.45) is 10.8. The molecule has 0 N–H and O–H groups in total. The fourth-order valence-electron chi connectivity index (χ4n) is 9.93. The summed E-state index contributed by atoms with van der Waals surface area (Å²) in [7, 11) is 0. The number of ether oxygens (including phenoxy) is 2. The molecule has 2 heterocycles. The third-order valence-electron chi connectivity index (χ3n) is 11.9. The van der Waals surface area contributed by atoms with Crippen molar-refractivity contribution in [3.63, 3.8) is 0 Å². The van der Waals surface area contributed by atoms with Gasteiger partial charge in [-0.3, -0.25) is 19.3 Å². The monoisotopic (exact) mass is 676 g/mol. The lowest BCUT2D eigenvalue weighted by molar-refractivity contribution is -0.143. The Morgan fingerprint density at radius 2 is 1.56 bits per heavy atom. The Balaban J connectivity index is 1.14. The van der Waals surface area contributed by atoms with E-state index in [-0.39, 0.29) is 41.3 Å². The summed E-state index contributed by atoms with van der Waals surface area (Å²) < 4.78 is 12.8. The first-order valence-electron chi connectivity index (χ1n) is 19.0. The van der Waals surface area contributed by atoms with Crippen LogP contribution in [-0.4, -0.2) is 65.3 Å². The van der Waals surface area contributed by atoms with Crippen molar-refractivity contribution in [3.8, 4) is 11.5 Å². The lowest BCUT2D eigenvalue weighted by Gasteiger charge is -2.60. The molecule has 7 rings (SSSR count). The summed E-state index contributed by atoms with van der Waals surface area (Å²) in [5, 5.41) is 0. The van der Waals surface area contributed by atoms with Gasteiger partial charge in [-0.15, -0.1) is 0 Å². The highest BCUT2D eigenvalue weighted by atomic mass is 16.6. The van der Waals surface area contributed by atoms with Crippen molar-refractivity contribution in [3.05, 3.63) is 95.1 Å². The average Bonchev–Trinajstić information content (AvgIpc) is 3.46. The zero-order valence-electron chi connectivity index (χ0n) is 29.8. The highest BCUT2D eigenvalue weighted by Crippen LogP contribution is 2.64. The standard InChI is InChI=1S/C43H52N2O5/c1-30(46)29-44-27-25-43-35-22-23-36(42(43)50-41-38(49-31(2)47)24-21-34(40(41)43)28-37(35)44)45(26-13-12-19-33-16-8-4-9-17-33)39(48)20-11-5-10-18-32-14-6-3-7-15-32/h3-4,6-9,14-17,21,24,35-37,42H,5,10-13,18-20,22-23,25-29H2,1-2H3/t35-,36+,37+,42-,43-/m0/s1. The quantitative estimate of drug-likeness (QED) is 0.0959. The van der Waals surface area contributed by atoms with Gasteiger partial charge in [-0.25, -0.2) is 0 Å². The maximum atomic E-state index is 14.4. The van der Waals surface area contributed by atoms with E-state index in [0.29, 0.717) is 36.9 Å². The lowest BCUT2D eigenvalue weighted by atomic mass is 9.51. The fraction of sp³-hybridized carbons (Fsp3) is 0.512. The summed E-state index contributed by atoms with van der Waals surface area (Å²) in [5.74, 6) is 1.56. The van der Waals surface area contributed by atoms with E-state index in [4.69, 9.17) is 9.47 Å². The molecule has 5 atom stereocenters. The maximum Gasteiger partial charge on any atom is 0.308 e. The fourth-order valence-corrected chi connectivity index (χ4v) is 9.93. The molecule has 0 unspecified atom stereocenters. The number of Topliss-reactive ketones (excluding diaryl/α,β-unsaturated/α-hetero) is 1. The second-order valence-electron chi connectivity index (χ2n) is 15.1. The van der Waals surface area contributed by atoms with Gasteiger partial charge in [-0.05, 0) is 106 Å². The molecule has 7 heteroatoms. The van der Waals surface area contributed by atoms with E-state index >= 15 is 0 Å². The molecule has 264 valence electrons. The van der Waals surface area contributed by atoms with Crippen LogP contribution in [0.4, 0.5) is 0 Å². The number of likely N-dealkylation sites (tertiary alicyclic amines) is 1. The van der Waals surface area contributed by atoms with Crippen molar-refractivity contribution in [2.45, 2.75) is 114 Å². The van der Waals surface area contributed by atoms with Gasteiger partial charge >= 0.3 is 5.97 Å². The number of nitrogens with zero attached hydrogens (tertiary/aromatic N) is 2. The Bertz CT molecular complexity index is 1680. The lowest BCUT2D eigenvalue weighted by Crippen LogP contribution is -2.69. The summed E-state index contributed by atoms with van der Waals surface area (Å²) in [4.78, 5) is 43.6. The molecule has 2 bridgehead atoms. The molecule has 50 heavy (non-hydrogen) atoms. The summed E-state index contributed by atoms with van der Waals surface area (Å²) in [5.41, 5.74) is 4.83. The molecule has 4 aliphatic rings. The van der Waals surface area contributed by atoms with Gasteiger partial charge in [0.2, 0.25) is 5.91 Å². The number of rotatable bonds is 15. The molecule has 1 saturated heterocycles. The molecular formula is C43H52N2O5. The molecule has 1 spiro atoms. The van der Waals surface area contributed by atoms with Crippen LogP contribution in [0.1, 0.15) is 93.9 Å². The molecule has 0 aromatic heterocycles. The van der Waals surface area contributed by atoms with Gasteiger partial charge in [0, 0.05) is 36.9 Å². The second kappa shape index (κ2) is 15.1. The third-order valence-corrected chi connectivity index (χ3v) is 11.9. The number of hydrogen-bond acceptors (Lipinski definition) is 6. The van der Waals surface area contributed by atoms with E-state index in [9.17, 15) is 14.4 Å². The van der Waals surface area contributed by atoms with Gasteiger partial charge in [0.15, 0.2) is 11.5 Å². The van der Waals surface area contributed by atoms with Crippen molar-refractivity contribution >= 4 is 17.7 Å². The summed E-state index contributed by atoms with van der Waals surface area (Å²) in [6.45, 7) is 5.11. The second-order valence-corrected chi connectivity index (χ2v) is 15.1. The van der Waals surface area contributed by atoms with Crippen LogP contribution < -0.4 is 9.47 Å². The largest absolute Gasteiger partial charge is 0.483 e. The maximum absolute atomic E-state index is 14.4. The molecular weight excluding hydrogens is 624 g/mol. The molecule has 1 amide bonds.